The number of amides is 2. The molecule has 3 heterocycles. The number of nitrogens with one attached hydrogen (secondary N) is 1. The van der Waals surface area contributed by atoms with Gasteiger partial charge in [0.1, 0.15) is 11.8 Å². The first-order chi connectivity index (χ1) is 26.5. The molecule has 1 aromatic heterocycles. The molecule has 0 spiro atoms. The summed E-state index contributed by atoms with van der Waals surface area (Å²) in [5.41, 5.74) is 0.981. The molecule has 2 N–H and O–H groups in total. The number of aromatic nitrogens is 2. The Kier molecular flexibility index (Phi) is 11.1. The molecule has 2 amide bonds. The van der Waals surface area contributed by atoms with Gasteiger partial charge in [-0.05, 0) is 94.1 Å². The Morgan fingerprint density at radius 2 is 1.65 bits per heavy atom. The van der Waals surface area contributed by atoms with Crippen molar-refractivity contribution in [2.75, 3.05) is 6.54 Å². The molecule has 2 aliphatic heterocycles. The minimum absolute atomic E-state index is 0.0442. The summed E-state index contributed by atoms with van der Waals surface area (Å²) in [5, 5.41) is 10.9. The highest BCUT2D eigenvalue weighted by Crippen LogP contribution is 2.57. The first-order valence-corrected chi connectivity index (χ1v) is 22.4. The number of aryl methyl sites for hydroxylation is 1. The molecule has 8 rings (SSSR count). The summed E-state index contributed by atoms with van der Waals surface area (Å²) in [6, 6.07) is 6.76. The number of nitrogens with zero attached hydrogens (tertiary/aromatic N) is 3. The highest BCUT2D eigenvalue weighted by atomic mass is 32.2. The second-order valence-corrected chi connectivity index (χ2v) is 19.2. The standard InChI is InChI=1S/C42H56N4O8S/c1-2-28-23-42(28,41(50)45-55(51,52)30-19-20-30)24-36(47)35-21-29-25-46(35)40(49)31(26-11-6-7-12-26)22-38(48)54-37-18-10-14-27(37)13-4-3-5-17-34-39(53-29)44-33-16-9-8-15-32(33)43-34/h2,8-9,15-16,26-31,35,37-38,48H,1,3-7,10-14,17-25H2,(H,45,50)/t27-,28-,29-,31+,35+,37?,38?,42-/m1/s1. The number of carbonyl (C=O) groups excluding carboxylic acids is 3. The molecule has 2 unspecified atom stereocenters. The Bertz CT molecular complexity index is 1900. The smallest absolute Gasteiger partial charge is 0.240 e. The van der Waals surface area contributed by atoms with Gasteiger partial charge in [-0.3, -0.25) is 19.1 Å². The van der Waals surface area contributed by atoms with Crippen molar-refractivity contribution in [1.82, 2.24) is 19.6 Å². The quantitative estimate of drug-likeness (QED) is 0.325. The van der Waals surface area contributed by atoms with Crippen molar-refractivity contribution in [3.05, 3.63) is 42.6 Å². The lowest BCUT2D eigenvalue weighted by atomic mass is 9.85. The van der Waals surface area contributed by atoms with Crippen LogP contribution in [0.4, 0.5) is 0 Å². The molecule has 2 bridgehead atoms. The van der Waals surface area contributed by atoms with E-state index in [0.717, 1.165) is 81.8 Å². The van der Waals surface area contributed by atoms with Gasteiger partial charge in [0.05, 0.1) is 40.4 Å². The van der Waals surface area contributed by atoms with Gasteiger partial charge >= 0.3 is 0 Å². The number of sulfonamides is 1. The molecule has 8 atom stereocenters. The Balaban J connectivity index is 1.11. The van der Waals surface area contributed by atoms with Crippen LogP contribution in [0.25, 0.3) is 11.0 Å². The van der Waals surface area contributed by atoms with Crippen molar-refractivity contribution < 1.29 is 37.4 Å². The average molecular weight is 777 g/mol. The lowest BCUT2D eigenvalue weighted by molar-refractivity contribution is -0.166. The highest BCUT2D eigenvalue weighted by Gasteiger charge is 2.61. The van der Waals surface area contributed by atoms with E-state index in [4.69, 9.17) is 19.4 Å². The molecule has 5 fully saturated rings. The van der Waals surface area contributed by atoms with Crippen LogP contribution < -0.4 is 9.46 Å². The number of aliphatic hydroxyl groups is 1. The van der Waals surface area contributed by atoms with Gasteiger partial charge in [0, 0.05) is 25.2 Å². The number of rotatable bonds is 8. The zero-order chi connectivity index (χ0) is 38.3. The van der Waals surface area contributed by atoms with Crippen LogP contribution >= 0.6 is 0 Å². The first kappa shape index (κ1) is 38.5. The number of benzene rings is 1. The summed E-state index contributed by atoms with van der Waals surface area (Å²) in [5.74, 6) is -1.30. The number of hydrogen-bond acceptors (Lipinski definition) is 10. The Morgan fingerprint density at radius 3 is 2.38 bits per heavy atom. The Hall–Kier alpha value is -3.42. The maximum atomic E-state index is 14.9. The monoisotopic (exact) mass is 776 g/mol. The fourth-order valence-electron chi connectivity index (χ4n) is 10.1. The zero-order valence-corrected chi connectivity index (χ0v) is 32.6. The molecule has 13 heteroatoms. The van der Waals surface area contributed by atoms with Gasteiger partial charge in [-0.1, -0.05) is 50.3 Å². The number of Topliss-reactive ketones (excluding diaryl/α,β-unsaturated/α-hetero) is 1. The van der Waals surface area contributed by atoms with Gasteiger partial charge < -0.3 is 19.5 Å². The van der Waals surface area contributed by atoms with Gasteiger partial charge in [-0.2, -0.15) is 0 Å². The molecule has 55 heavy (non-hydrogen) atoms. The third kappa shape index (κ3) is 8.21. The van der Waals surface area contributed by atoms with Crippen LogP contribution in [-0.2, 0) is 35.6 Å². The minimum atomic E-state index is -3.83. The zero-order valence-electron chi connectivity index (χ0n) is 31.8. The van der Waals surface area contributed by atoms with Crippen molar-refractivity contribution >= 4 is 38.7 Å². The number of hydrogen-bond donors (Lipinski definition) is 2. The minimum Gasteiger partial charge on any atom is -0.471 e. The number of allylic oxidation sites excluding steroid dienone is 1. The molecule has 1 saturated heterocycles. The van der Waals surface area contributed by atoms with Crippen LogP contribution in [0.15, 0.2) is 36.9 Å². The molecule has 6 aliphatic rings. The third-order valence-electron chi connectivity index (χ3n) is 13.5. The highest BCUT2D eigenvalue weighted by molar-refractivity contribution is 7.90. The van der Waals surface area contributed by atoms with Crippen LogP contribution in [0.1, 0.15) is 115 Å². The predicted molar refractivity (Wildman–Crippen MR) is 205 cm³/mol. The van der Waals surface area contributed by atoms with Gasteiger partial charge in [0.15, 0.2) is 12.1 Å². The van der Waals surface area contributed by atoms with Crippen LogP contribution in [0.3, 0.4) is 0 Å². The number of aliphatic hydroxyl groups excluding tert-OH is 1. The number of para-hydroxylation sites is 2. The number of carbonyl (C=O) groups is 3. The van der Waals surface area contributed by atoms with Crippen molar-refractivity contribution in [3.8, 4) is 5.88 Å². The maximum absolute atomic E-state index is 14.9. The van der Waals surface area contributed by atoms with E-state index in [1.54, 1.807) is 11.0 Å². The SMILES string of the molecule is C=C[C@@H]1C[C@]1(CC(=O)[C@@H]1C[C@@H]2CN1C(=O)[C@H](C1CCCC1)CC(O)OC1CCC[C@H]1CCCCCc1nc3ccccc3nc1O2)C(=O)NS(=O)(=O)C1CC1. The van der Waals surface area contributed by atoms with Crippen LogP contribution in [0.2, 0.25) is 0 Å². The van der Waals surface area contributed by atoms with Crippen LogP contribution in [0.5, 0.6) is 5.88 Å². The molecule has 0 radical (unpaired) electrons. The molecular formula is C42H56N4O8S. The van der Waals surface area contributed by atoms with Gasteiger partial charge in [0.2, 0.25) is 27.7 Å². The lowest BCUT2D eigenvalue weighted by Crippen LogP contribution is -2.48. The second kappa shape index (κ2) is 15.8. The Morgan fingerprint density at radius 1 is 0.945 bits per heavy atom. The van der Waals surface area contributed by atoms with Gasteiger partial charge in [-0.15, -0.1) is 6.58 Å². The topological polar surface area (TPSA) is 165 Å². The van der Waals surface area contributed by atoms with E-state index < -0.39 is 50.9 Å². The van der Waals surface area contributed by atoms with Crippen molar-refractivity contribution in [3.63, 3.8) is 0 Å². The van der Waals surface area contributed by atoms with Gasteiger partial charge in [0.25, 0.3) is 0 Å². The summed E-state index contributed by atoms with van der Waals surface area (Å²) in [6.45, 7) is 4.00. The van der Waals surface area contributed by atoms with Crippen LogP contribution in [0, 0.1) is 29.1 Å². The average Bonchev–Trinajstić information content (AvgIpc) is 3.95. The molecule has 2 aromatic rings. The summed E-state index contributed by atoms with van der Waals surface area (Å²) in [7, 11) is -3.83. The Labute approximate surface area is 324 Å². The van der Waals surface area contributed by atoms with Crippen LogP contribution in [-0.4, -0.2) is 82.3 Å². The predicted octanol–water partition coefficient (Wildman–Crippen LogP) is 5.55. The number of ketones is 1. The molecule has 298 valence electrons. The number of ether oxygens (including phenoxy) is 2. The third-order valence-corrected chi connectivity index (χ3v) is 15.3. The van der Waals surface area contributed by atoms with Crippen molar-refractivity contribution in [1.29, 1.82) is 0 Å². The van der Waals surface area contributed by atoms with E-state index in [-0.39, 0.29) is 55.4 Å². The fourth-order valence-corrected chi connectivity index (χ4v) is 11.5. The molecule has 4 saturated carbocycles. The van der Waals surface area contributed by atoms with E-state index >= 15 is 0 Å². The number of fused-ring (bicyclic) bond motifs is 5. The summed E-state index contributed by atoms with van der Waals surface area (Å²) in [6.07, 6.45) is 12.7. The summed E-state index contributed by atoms with van der Waals surface area (Å²) >= 11 is 0. The van der Waals surface area contributed by atoms with E-state index in [1.165, 1.54) is 0 Å². The van der Waals surface area contributed by atoms with Crippen molar-refractivity contribution in [2.24, 2.45) is 29.1 Å². The van der Waals surface area contributed by atoms with Gasteiger partial charge in [-0.25, -0.2) is 18.4 Å². The van der Waals surface area contributed by atoms with E-state index in [9.17, 15) is 27.9 Å². The van der Waals surface area contributed by atoms with E-state index in [1.807, 2.05) is 24.3 Å². The summed E-state index contributed by atoms with van der Waals surface area (Å²) < 4.78 is 40.9. The normalized spacial score (nSPS) is 33.6. The summed E-state index contributed by atoms with van der Waals surface area (Å²) in [4.78, 5) is 54.7. The molecular weight excluding hydrogens is 721 g/mol. The van der Waals surface area contributed by atoms with E-state index in [0.29, 0.717) is 43.0 Å². The lowest BCUT2D eigenvalue weighted by Gasteiger charge is -2.33. The molecule has 12 nitrogen and oxygen atoms in total. The second-order valence-electron chi connectivity index (χ2n) is 17.3. The van der Waals surface area contributed by atoms with E-state index in [2.05, 4.69) is 11.3 Å². The largest absolute Gasteiger partial charge is 0.471 e. The fraction of sp³-hybridized carbons (Fsp3) is 0.690. The maximum Gasteiger partial charge on any atom is 0.240 e. The molecule has 1 aromatic carbocycles. The molecule has 4 aliphatic carbocycles. The first-order valence-electron chi connectivity index (χ1n) is 20.8. The van der Waals surface area contributed by atoms with Crippen molar-refractivity contribution in [2.45, 2.75) is 145 Å².